The lowest BCUT2D eigenvalue weighted by Crippen LogP contribution is -2.31. The van der Waals surface area contributed by atoms with Gasteiger partial charge in [0.25, 0.3) is 5.91 Å². The number of para-hydroxylation sites is 1. The Morgan fingerprint density at radius 1 is 1.07 bits per heavy atom. The highest BCUT2D eigenvalue weighted by Gasteiger charge is 2.34. The van der Waals surface area contributed by atoms with Gasteiger partial charge in [0.1, 0.15) is 5.75 Å². The number of thiophene rings is 1. The predicted molar refractivity (Wildman–Crippen MR) is 117 cm³/mol. The SMILES string of the molecule is COc1ccc(C2CC(c3cccs3)=NN2C(=O)COc2ccccc2)cc1OC. The Morgan fingerprint density at radius 3 is 2.57 bits per heavy atom. The highest BCUT2D eigenvalue weighted by atomic mass is 32.1. The summed E-state index contributed by atoms with van der Waals surface area (Å²) in [6.07, 6.45) is 0.618. The van der Waals surface area contributed by atoms with Gasteiger partial charge in [0, 0.05) is 6.42 Å². The minimum absolute atomic E-state index is 0.0883. The van der Waals surface area contributed by atoms with Gasteiger partial charge in [0.2, 0.25) is 0 Å². The van der Waals surface area contributed by atoms with Crippen molar-refractivity contribution in [2.75, 3.05) is 20.8 Å². The van der Waals surface area contributed by atoms with Crippen LogP contribution in [0.3, 0.4) is 0 Å². The third kappa shape index (κ3) is 4.16. The maximum absolute atomic E-state index is 13.0. The first-order valence-corrected chi connectivity index (χ1v) is 10.4. The number of hydrogen-bond donors (Lipinski definition) is 0. The Hall–Kier alpha value is -3.32. The number of benzene rings is 2. The molecule has 1 atom stereocenters. The first kappa shape index (κ1) is 20.0. The molecule has 1 unspecified atom stereocenters. The Morgan fingerprint density at radius 2 is 1.87 bits per heavy atom. The van der Waals surface area contributed by atoms with Crippen molar-refractivity contribution in [1.29, 1.82) is 0 Å². The van der Waals surface area contributed by atoms with Crippen LogP contribution in [0.25, 0.3) is 0 Å². The fourth-order valence-corrected chi connectivity index (χ4v) is 4.10. The van der Waals surface area contributed by atoms with Crippen LogP contribution in [0.1, 0.15) is 22.9 Å². The molecule has 4 rings (SSSR count). The monoisotopic (exact) mass is 422 g/mol. The maximum atomic E-state index is 13.0. The second-order valence-corrected chi connectivity index (χ2v) is 7.65. The number of rotatable bonds is 7. The molecular weight excluding hydrogens is 400 g/mol. The number of methoxy groups -OCH3 is 2. The Balaban J connectivity index is 1.60. The first-order valence-electron chi connectivity index (χ1n) is 9.52. The normalized spacial score (nSPS) is 15.6. The van der Waals surface area contributed by atoms with Crippen LogP contribution in [0, 0.1) is 0 Å². The van der Waals surface area contributed by atoms with E-state index in [1.54, 1.807) is 25.6 Å². The van der Waals surface area contributed by atoms with E-state index in [9.17, 15) is 4.79 Å². The minimum Gasteiger partial charge on any atom is -0.493 e. The molecule has 0 saturated carbocycles. The number of amides is 1. The molecule has 7 heteroatoms. The maximum Gasteiger partial charge on any atom is 0.281 e. The molecule has 0 N–H and O–H groups in total. The third-order valence-electron chi connectivity index (χ3n) is 4.87. The average Bonchev–Trinajstić information content (AvgIpc) is 3.48. The topological polar surface area (TPSA) is 60.4 Å². The van der Waals surface area contributed by atoms with Crippen molar-refractivity contribution in [3.63, 3.8) is 0 Å². The zero-order valence-electron chi connectivity index (χ0n) is 16.8. The van der Waals surface area contributed by atoms with Gasteiger partial charge in [-0.05, 0) is 41.3 Å². The summed E-state index contributed by atoms with van der Waals surface area (Å²) in [7, 11) is 3.20. The molecule has 154 valence electrons. The predicted octanol–water partition coefficient (Wildman–Crippen LogP) is 4.52. The fourth-order valence-electron chi connectivity index (χ4n) is 3.38. The second kappa shape index (κ2) is 9.00. The summed E-state index contributed by atoms with van der Waals surface area (Å²) in [5.74, 6) is 1.71. The van der Waals surface area contributed by atoms with Crippen molar-refractivity contribution in [3.8, 4) is 17.2 Å². The summed E-state index contributed by atoms with van der Waals surface area (Å²) in [5.41, 5.74) is 1.81. The van der Waals surface area contributed by atoms with Crippen molar-refractivity contribution in [2.24, 2.45) is 5.10 Å². The van der Waals surface area contributed by atoms with E-state index in [4.69, 9.17) is 14.2 Å². The van der Waals surface area contributed by atoms with Gasteiger partial charge in [-0.3, -0.25) is 4.79 Å². The third-order valence-corrected chi connectivity index (χ3v) is 5.79. The molecular formula is C23H22N2O4S. The molecule has 1 aromatic heterocycles. The van der Waals surface area contributed by atoms with E-state index in [0.29, 0.717) is 23.7 Å². The van der Waals surface area contributed by atoms with Gasteiger partial charge in [0.15, 0.2) is 18.1 Å². The number of nitrogens with zero attached hydrogens (tertiary/aromatic N) is 2. The number of carbonyl (C=O) groups excluding carboxylic acids is 1. The molecule has 1 aliphatic heterocycles. The lowest BCUT2D eigenvalue weighted by atomic mass is 10.0. The van der Waals surface area contributed by atoms with Gasteiger partial charge in [-0.15, -0.1) is 11.3 Å². The molecule has 1 amide bonds. The smallest absolute Gasteiger partial charge is 0.281 e. The molecule has 30 heavy (non-hydrogen) atoms. The van der Waals surface area contributed by atoms with Crippen LogP contribution in [0.2, 0.25) is 0 Å². The molecule has 1 aliphatic rings. The molecule has 3 aromatic rings. The van der Waals surface area contributed by atoms with Crippen LogP contribution in [-0.2, 0) is 4.79 Å². The van der Waals surface area contributed by atoms with Gasteiger partial charge < -0.3 is 14.2 Å². The number of ether oxygens (including phenoxy) is 3. The lowest BCUT2D eigenvalue weighted by molar-refractivity contribution is -0.135. The molecule has 2 aromatic carbocycles. The van der Waals surface area contributed by atoms with E-state index in [-0.39, 0.29) is 18.6 Å². The number of hydrazone groups is 1. The largest absolute Gasteiger partial charge is 0.493 e. The Kier molecular flexibility index (Phi) is 5.99. The highest BCUT2D eigenvalue weighted by molar-refractivity contribution is 7.12. The van der Waals surface area contributed by atoms with Crippen molar-refractivity contribution < 1.29 is 19.0 Å². The summed E-state index contributed by atoms with van der Waals surface area (Å²) < 4.78 is 16.5. The van der Waals surface area contributed by atoms with E-state index in [1.807, 2.05) is 66.0 Å². The summed E-state index contributed by atoms with van der Waals surface area (Å²) in [4.78, 5) is 14.1. The summed E-state index contributed by atoms with van der Waals surface area (Å²) in [6, 6.07) is 18.7. The zero-order valence-corrected chi connectivity index (χ0v) is 17.6. The lowest BCUT2D eigenvalue weighted by Gasteiger charge is -2.23. The molecule has 0 spiro atoms. The van der Waals surface area contributed by atoms with Gasteiger partial charge in [0.05, 0.1) is 30.9 Å². The Labute approximate surface area is 179 Å². The second-order valence-electron chi connectivity index (χ2n) is 6.70. The van der Waals surface area contributed by atoms with Crippen LogP contribution in [0.5, 0.6) is 17.2 Å². The number of hydrogen-bond acceptors (Lipinski definition) is 6. The van der Waals surface area contributed by atoms with Crippen molar-refractivity contribution >= 4 is 23.0 Å². The summed E-state index contributed by atoms with van der Waals surface area (Å²) in [6.45, 7) is -0.0883. The van der Waals surface area contributed by atoms with E-state index in [2.05, 4.69) is 5.10 Å². The van der Waals surface area contributed by atoms with Crippen LogP contribution in [0.4, 0.5) is 0 Å². The van der Waals surface area contributed by atoms with Gasteiger partial charge in [-0.2, -0.15) is 5.10 Å². The first-order chi connectivity index (χ1) is 14.7. The van der Waals surface area contributed by atoms with Crippen molar-refractivity contribution in [2.45, 2.75) is 12.5 Å². The molecule has 0 saturated heterocycles. The van der Waals surface area contributed by atoms with E-state index < -0.39 is 0 Å². The molecule has 0 fully saturated rings. The van der Waals surface area contributed by atoms with Gasteiger partial charge >= 0.3 is 0 Å². The van der Waals surface area contributed by atoms with Crippen LogP contribution in [-0.4, -0.2) is 37.5 Å². The highest BCUT2D eigenvalue weighted by Crippen LogP contribution is 2.37. The van der Waals surface area contributed by atoms with Crippen LogP contribution in [0.15, 0.2) is 71.1 Å². The van der Waals surface area contributed by atoms with E-state index >= 15 is 0 Å². The summed E-state index contributed by atoms with van der Waals surface area (Å²) >= 11 is 1.61. The van der Waals surface area contributed by atoms with Gasteiger partial charge in [-0.1, -0.05) is 30.3 Å². The number of carbonyl (C=O) groups is 1. The summed E-state index contributed by atoms with van der Waals surface area (Å²) in [5, 5.41) is 8.19. The quantitative estimate of drug-likeness (QED) is 0.562. The van der Waals surface area contributed by atoms with Crippen LogP contribution < -0.4 is 14.2 Å². The zero-order chi connectivity index (χ0) is 20.9. The fraction of sp³-hybridized carbons (Fsp3) is 0.217. The van der Waals surface area contributed by atoms with Crippen molar-refractivity contribution in [3.05, 3.63) is 76.5 Å². The standard InChI is InChI=1S/C23H22N2O4S/c1-27-20-11-10-16(13-21(20)28-2)19-14-18(22-9-6-12-30-22)24-25(19)23(26)15-29-17-7-4-3-5-8-17/h3-13,19H,14-15H2,1-2H3. The van der Waals surface area contributed by atoms with Gasteiger partial charge in [-0.25, -0.2) is 5.01 Å². The molecule has 0 radical (unpaired) electrons. The average molecular weight is 423 g/mol. The minimum atomic E-state index is -0.242. The molecule has 2 heterocycles. The van der Waals surface area contributed by atoms with E-state index in [0.717, 1.165) is 16.2 Å². The van der Waals surface area contributed by atoms with Crippen LogP contribution >= 0.6 is 11.3 Å². The molecule has 0 aliphatic carbocycles. The van der Waals surface area contributed by atoms with Crippen molar-refractivity contribution in [1.82, 2.24) is 5.01 Å². The van der Waals surface area contributed by atoms with E-state index in [1.165, 1.54) is 5.01 Å². The molecule has 0 bridgehead atoms. The Bertz CT molecular complexity index is 1030. The molecule has 6 nitrogen and oxygen atoms in total.